The van der Waals surface area contributed by atoms with Crippen LogP contribution in [0.4, 0.5) is 0 Å². The van der Waals surface area contributed by atoms with Crippen LogP contribution in [0.3, 0.4) is 0 Å². The molecule has 0 saturated heterocycles. The van der Waals surface area contributed by atoms with Crippen LogP contribution >= 0.6 is 0 Å². The summed E-state index contributed by atoms with van der Waals surface area (Å²) in [5, 5.41) is 9.20. The maximum Gasteiger partial charge on any atom is 0.307 e. The van der Waals surface area contributed by atoms with Crippen molar-refractivity contribution in [1.29, 1.82) is 0 Å². The standard InChI is InChI=1S/C22H30N2O7S/c1-16(31-24(26)27)30-21(25)12-8-3-2-7-11-20-17-13-14-18(15-17)22(20)23-32(28,29)19-9-5-4-6-10-19/h2,4-7,9-10,16-18,20,22-23H,3,8,11-15H2,1H3/b7-2-/t16?,17?,18?,20-,22-/m0/s1. The molecule has 2 bridgehead atoms. The van der Waals surface area contributed by atoms with Gasteiger partial charge in [-0.1, -0.05) is 30.4 Å². The molecule has 0 aliphatic heterocycles. The van der Waals surface area contributed by atoms with Gasteiger partial charge in [0.15, 0.2) is 0 Å². The Morgan fingerprint density at radius 3 is 2.69 bits per heavy atom. The lowest BCUT2D eigenvalue weighted by Gasteiger charge is -2.31. The molecule has 1 aromatic rings. The van der Waals surface area contributed by atoms with E-state index in [4.69, 9.17) is 4.74 Å². The summed E-state index contributed by atoms with van der Waals surface area (Å²) in [5.74, 6) is 0.644. The molecule has 2 aliphatic carbocycles. The first-order chi connectivity index (χ1) is 15.3. The second kappa shape index (κ2) is 10.9. The fourth-order valence-corrected chi connectivity index (χ4v) is 6.28. The molecule has 0 spiro atoms. The van der Waals surface area contributed by atoms with E-state index < -0.39 is 27.4 Å². The van der Waals surface area contributed by atoms with Gasteiger partial charge in [-0.25, -0.2) is 13.1 Å². The smallest absolute Gasteiger partial charge is 0.307 e. The highest BCUT2D eigenvalue weighted by Gasteiger charge is 2.48. The van der Waals surface area contributed by atoms with Crippen molar-refractivity contribution < 1.29 is 27.9 Å². The van der Waals surface area contributed by atoms with Gasteiger partial charge >= 0.3 is 5.97 Å². The third-order valence-electron chi connectivity index (χ3n) is 6.29. The van der Waals surface area contributed by atoms with Gasteiger partial charge < -0.3 is 4.74 Å². The van der Waals surface area contributed by atoms with Crippen molar-refractivity contribution in [3.05, 3.63) is 52.6 Å². The summed E-state index contributed by atoms with van der Waals surface area (Å²) < 4.78 is 33.4. The number of sulfonamides is 1. The average Bonchev–Trinajstić information content (AvgIpc) is 3.32. The summed E-state index contributed by atoms with van der Waals surface area (Å²) in [6.07, 6.45) is 8.28. The lowest BCUT2D eigenvalue weighted by Crippen LogP contribution is -2.43. The fraction of sp³-hybridized carbons (Fsp3) is 0.591. The minimum Gasteiger partial charge on any atom is -0.435 e. The Morgan fingerprint density at radius 2 is 1.97 bits per heavy atom. The van der Waals surface area contributed by atoms with Crippen LogP contribution in [-0.4, -0.2) is 31.8 Å². The second-order valence-corrected chi connectivity index (χ2v) is 10.2. The number of unbranched alkanes of at least 4 members (excludes halogenated alkanes) is 1. The molecule has 1 aromatic carbocycles. The molecule has 32 heavy (non-hydrogen) atoms. The molecule has 0 amide bonds. The average molecular weight is 467 g/mol. The van der Waals surface area contributed by atoms with Crippen LogP contribution in [-0.2, 0) is 24.4 Å². The molecule has 176 valence electrons. The van der Waals surface area contributed by atoms with Crippen LogP contribution in [0.15, 0.2) is 47.4 Å². The Balaban J connectivity index is 1.45. The summed E-state index contributed by atoms with van der Waals surface area (Å²) >= 11 is 0. The topological polar surface area (TPSA) is 125 Å². The quantitative estimate of drug-likeness (QED) is 0.125. The molecule has 3 rings (SSSR count). The first-order valence-electron chi connectivity index (χ1n) is 11.0. The molecule has 10 heteroatoms. The van der Waals surface area contributed by atoms with Crippen molar-refractivity contribution in [2.24, 2.45) is 17.8 Å². The summed E-state index contributed by atoms with van der Waals surface area (Å²) in [7, 11) is -3.54. The minimum atomic E-state index is -3.54. The van der Waals surface area contributed by atoms with E-state index >= 15 is 0 Å². The van der Waals surface area contributed by atoms with Gasteiger partial charge in [0.2, 0.25) is 16.3 Å². The summed E-state index contributed by atoms with van der Waals surface area (Å²) in [6.45, 7) is 1.29. The Morgan fingerprint density at radius 1 is 1.25 bits per heavy atom. The van der Waals surface area contributed by atoms with Crippen molar-refractivity contribution >= 4 is 16.0 Å². The maximum absolute atomic E-state index is 12.8. The largest absolute Gasteiger partial charge is 0.435 e. The number of esters is 1. The second-order valence-electron chi connectivity index (χ2n) is 8.44. The van der Waals surface area contributed by atoms with Gasteiger partial charge in [0, 0.05) is 12.5 Å². The first-order valence-corrected chi connectivity index (χ1v) is 12.5. The number of rotatable bonds is 12. The number of ether oxygens (including phenoxy) is 1. The minimum absolute atomic E-state index is 0.0540. The van der Waals surface area contributed by atoms with E-state index in [9.17, 15) is 23.3 Å². The van der Waals surface area contributed by atoms with E-state index in [1.165, 1.54) is 6.92 Å². The van der Waals surface area contributed by atoms with Crippen LogP contribution in [0.25, 0.3) is 0 Å². The van der Waals surface area contributed by atoms with Crippen molar-refractivity contribution in [3.63, 3.8) is 0 Å². The molecule has 9 nitrogen and oxygen atoms in total. The molecule has 0 radical (unpaired) electrons. The monoisotopic (exact) mass is 466 g/mol. The van der Waals surface area contributed by atoms with Gasteiger partial charge in [-0.2, -0.15) is 0 Å². The molecule has 2 fully saturated rings. The Bertz CT molecular complexity index is 919. The zero-order chi connectivity index (χ0) is 23.1. The van der Waals surface area contributed by atoms with Gasteiger partial charge in [0.25, 0.3) is 5.09 Å². The summed E-state index contributed by atoms with van der Waals surface area (Å²) in [5.41, 5.74) is 0. The van der Waals surface area contributed by atoms with Crippen LogP contribution < -0.4 is 4.72 Å². The third-order valence-corrected chi connectivity index (χ3v) is 7.77. The van der Waals surface area contributed by atoms with E-state index in [0.717, 1.165) is 25.7 Å². The van der Waals surface area contributed by atoms with Crippen molar-refractivity contribution in [2.45, 2.75) is 69.1 Å². The van der Waals surface area contributed by atoms with Gasteiger partial charge in [-0.15, -0.1) is 10.1 Å². The van der Waals surface area contributed by atoms with Crippen LogP contribution in [0.2, 0.25) is 0 Å². The number of nitrogens with zero attached hydrogens (tertiary/aromatic N) is 1. The number of hydrogen-bond donors (Lipinski definition) is 1. The number of benzene rings is 1. The SMILES string of the molecule is CC(OC(=O)CCC/C=C\C[C@H]1C2CCC(C2)[C@@H]1NS(=O)(=O)c1ccccc1)O[N+](=O)[O-]. The van der Waals surface area contributed by atoms with Crippen molar-refractivity contribution in [1.82, 2.24) is 4.72 Å². The third kappa shape index (κ3) is 6.52. The molecule has 5 atom stereocenters. The Hall–Kier alpha value is -2.46. The van der Waals surface area contributed by atoms with Crippen LogP contribution in [0.5, 0.6) is 0 Å². The van der Waals surface area contributed by atoms with Gasteiger partial charge in [-0.05, 0) is 75.3 Å². The van der Waals surface area contributed by atoms with E-state index in [-0.39, 0.29) is 18.4 Å². The number of allylic oxidation sites excluding steroid dienone is 2. The van der Waals surface area contributed by atoms with E-state index in [0.29, 0.717) is 29.6 Å². The fourth-order valence-electron chi connectivity index (χ4n) is 4.90. The molecule has 0 heterocycles. The summed E-state index contributed by atoms with van der Waals surface area (Å²) in [4.78, 5) is 26.3. The number of fused-ring (bicyclic) bond motifs is 2. The van der Waals surface area contributed by atoms with E-state index in [1.54, 1.807) is 30.3 Å². The zero-order valence-electron chi connectivity index (χ0n) is 18.1. The van der Waals surface area contributed by atoms with Gasteiger partial charge in [-0.3, -0.25) is 9.63 Å². The zero-order valence-corrected chi connectivity index (χ0v) is 18.9. The predicted molar refractivity (Wildman–Crippen MR) is 116 cm³/mol. The van der Waals surface area contributed by atoms with E-state index in [2.05, 4.69) is 15.6 Å². The highest BCUT2D eigenvalue weighted by Crippen LogP contribution is 2.50. The lowest BCUT2D eigenvalue weighted by atomic mass is 9.83. The van der Waals surface area contributed by atoms with Crippen LogP contribution in [0, 0.1) is 27.9 Å². The van der Waals surface area contributed by atoms with Crippen molar-refractivity contribution in [3.8, 4) is 0 Å². The lowest BCUT2D eigenvalue weighted by molar-refractivity contribution is -0.777. The molecule has 2 saturated carbocycles. The molecule has 2 aliphatic rings. The Kier molecular flexibility index (Phi) is 8.25. The highest BCUT2D eigenvalue weighted by molar-refractivity contribution is 7.89. The predicted octanol–water partition coefficient (Wildman–Crippen LogP) is 3.59. The molecular weight excluding hydrogens is 436 g/mol. The number of hydrogen-bond acceptors (Lipinski definition) is 7. The molecule has 0 aromatic heterocycles. The molecule has 1 N–H and O–H groups in total. The number of carbonyl (C=O) groups excluding carboxylic acids is 1. The first kappa shape index (κ1) is 24.2. The normalized spacial score (nSPS) is 25.7. The van der Waals surface area contributed by atoms with E-state index in [1.807, 2.05) is 6.08 Å². The van der Waals surface area contributed by atoms with Gasteiger partial charge in [0.1, 0.15) is 0 Å². The highest BCUT2D eigenvalue weighted by atomic mass is 32.2. The molecular formula is C22H30N2O7S. The van der Waals surface area contributed by atoms with Gasteiger partial charge in [0.05, 0.1) is 4.90 Å². The molecule has 3 unspecified atom stereocenters. The number of carbonyl (C=O) groups is 1. The number of nitrogens with one attached hydrogen (secondary N) is 1. The van der Waals surface area contributed by atoms with Crippen molar-refractivity contribution in [2.75, 3.05) is 0 Å². The maximum atomic E-state index is 12.8. The summed E-state index contributed by atoms with van der Waals surface area (Å²) in [6, 6.07) is 8.41. The van der Waals surface area contributed by atoms with Crippen LogP contribution in [0.1, 0.15) is 51.9 Å². The Labute approximate surface area is 188 Å².